The van der Waals surface area contributed by atoms with E-state index in [2.05, 4.69) is 0 Å². The third kappa shape index (κ3) is 3.07. The van der Waals surface area contributed by atoms with Crippen molar-refractivity contribution in [2.45, 2.75) is 5.37 Å². The summed E-state index contributed by atoms with van der Waals surface area (Å²) in [5.41, 5.74) is 0.947. The lowest BCUT2D eigenvalue weighted by Crippen LogP contribution is -2.47. The van der Waals surface area contributed by atoms with Crippen molar-refractivity contribution in [2.24, 2.45) is 0 Å². The molecule has 7 heteroatoms. The summed E-state index contributed by atoms with van der Waals surface area (Å²) >= 11 is 7.75. The SMILES string of the molecule is CS(=O)(=O)C1CSCCN1c1c(Cl)cccc1C=O. The molecule has 1 fully saturated rings. The Bertz CT molecular complexity index is 589. The second kappa shape index (κ2) is 5.73. The molecule has 1 aromatic rings. The number of carbonyl (C=O) groups is 1. The first kappa shape index (κ1) is 14.7. The number of hydrogen-bond donors (Lipinski definition) is 0. The zero-order chi connectivity index (χ0) is 14.0. The predicted molar refractivity (Wildman–Crippen MR) is 80.1 cm³/mol. The van der Waals surface area contributed by atoms with E-state index in [-0.39, 0.29) is 0 Å². The van der Waals surface area contributed by atoms with Gasteiger partial charge in [-0.3, -0.25) is 4.79 Å². The van der Waals surface area contributed by atoms with Crippen LogP contribution in [0.25, 0.3) is 0 Å². The topological polar surface area (TPSA) is 54.5 Å². The van der Waals surface area contributed by atoms with Crippen LogP contribution in [0.5, 0.6) is 0 Å². The van der Waals surface area contributed by atoms with Gasteiger partial charge in [0.25, 0.3) is 0 Å². The number of para-hydroxylation sites is 1. The molecule has 19 heavy (non-hydrogen) atoms. The largest absolute Gasteiger partial charge is 0.352 e. The van der Waals surface area contributed by atoms with Gasteiger partial charge in [-0.15, -0.1) is 0 Å². The maximum Gasteiger partial charge on any atom is 0.169 e. The summed E-state index contributed by atoms with van der Waals surface area (Å²) in [5, 5.41) is -0.227. The second-order valence-corrected chi connectivity index (χ2v) is 8.11. The molecule has 0 aromatic heterocycles. The third-order valence-electron chi connectivity index (χ3n) is 3.01. The number of thioether (sulfide) groups is 1. The summed E-state index contributed by atoms with van der Waals surface area (Å²) in [6.07, 6.45) is 1.93. The van der Waals surface area contributed by atoms with E-state index in [0.29, 0.717) is 34.9 Å². The van der Waals surface area contributed by atoms with Gasteiger partial charge in [-0.25, -0.2) is 8.42 Å². The average molecular weight is 320 g/mol. The summed E-state index contributed by atoms with van der Waals surface area (Å²) < 4.78 is 23.8. The van der Waals surface area contributed by atoms with Crippen LogP contribution in [-0.2, 0) is 9.84 Å². The Labute approximate surface area is 122 Å². The van der Waals surface area contributed by atoms with Gasteiger partial charge in [-0.2, -0.15) is 11.8 Å². The molecule has 0 radical (unpaired) electrons. The number of benzene rings is 1. The molecule has 0 saturated carbocycles. The Morgan fingerprint density at radius 2 is 2.21 bits per heavy atom. The van der Waals surface area contributed by atoms with Crippen LogP contribution >= 0.6 is 23.4 Å². The van der Waals surface area contributed by atoms with Crippen LogP contribution in [0.15, 0.2) is 18.2 Å². The van der Waals surface area contributed by atoms with E-state index in [9.17, 15) is 13.2 Å². The Kier molecular flexibility index (Phi) is 4.43. The minimum atomic E-state index is -3.23. The first-order valence-electron chi connectivity index (χ1n) is 5.72. The highest BCUT2D eigenvalue weighted by Gasteiger charge is 2.33. The van der Waals surface area contributed by atoms with Crippen LogP contribution in [0.2, 0.25) is 5.02 Å². The van der Waals surface area contributed by atoms with Crippen LogP contribution < -0.4 is 4.90 Å². The van der Waals surface area contributed by atoms with Gasteiger partial charge in [-0.1, -0.05) is 17.7 Å². The lowest BCUT2D eigenvalue weighted by molar-refractivity contribution is 0.112. The first-order valence-corrected chi connectivity index (χ1v) is 9.21. The Balaban J connectivity index is 2.52. The van der Waals surface area contributed by atoms with Gasteiger partial charge in [-0.05, 0) is 12.1 Å². The summed E-state index contributed by atoms with van der Waals surface area (Å²) in [6, 6.07) is 5.00. The molecule has 4 nitrogen and oxygen atoms in total. The van der Waals surface area contributed by atoms with E-state index in [1.54, 1.807) is 34.9 Å². The fourth-order valence-electron chi connectivity index (χ4n) is 2.12. The van der Waals surface area contributed by atoms with E-state index in [1.165, 1.54) is 6.26 Å². The molecule has 1 unspecified atom stereocenters. The maximum absolute atomic E-state index is 11.9. The van der Waals surface area contributed by atoms with Gasteiger partial charge in [0.15, 0.2) is 16.1 Å². The molecule has 1 saturated heterocycles. The molecule has 1 aliphatic rings. The molecular weight excluding hydrogens is 306 g/mol. The lowest BCUT2D eigenvalue weighted by atomic mass is 10.1. The van der Waals surface area contributed by atoms with Crippen molar-refractivity contribution in [3.8, 4) is 0 Å². The summed E-state index contributed by atoms with van der Waals surface area (Å²) in [6.45, 7) is 0.562. The number of hydrogen-bond acceptors (Lipinski definition) is 5. The van der Waals surface area contributed by atoms with Gasteiger partial charge in [0.1, 0.15) is 5.37 Å². The average Bonchev–Trinajstić information content (AvgIpc) is 2.37. The predicted octanol–water partition coefficient (Wildman–Crippen LogP) is 2.08. The minimum Gasteiger partial charge on any atom is -0.352 e. The van der Waals surface area contributed by atoms with E-state index >= 15 is 0 Å². The van der Waals surface area contributed by atoms with Gasteiger partial charge < -0.3 is 4.90 Å². The standard InChI is InChI=1S/C12H14ClNO3S2/c1-19(16,17)11-8-18-6-5-14(11)12-9(7-15)3-2-4-10(12)13/h2-4,7,11H,5-6,8H2,1H3. The van der Waals surface area contributed by atoms with Gasteiger partial charge >= 0.3 is 0 Å². The Morgan fingerprint density at radius 1 is 1.47 bits per heavy atom. The Hall–Kier alpha value is -0.720. The van der Waals surface area contributed by atoms with E-state index < -0.39 is 15.2 Å². The highest BCUT2D eigenvalue weighted by molar-refractivity contribution is 8.01. The van der Waals surface area contributed by atoms with Crippen LogP contribution in [0, 0.1) is 0 Å². The van der Waals surface area contributed by atoms with Crippen LogP contribution in [0.3, 0.4) is 0 Å². The highest BCUT2D eigenvalue weighted by atomic mass is 35.5. The van der Waals surface area contributed by atoms with Gasteiger partial charge in [0.05, 0.1) is 10.7 Å². The molecule has 1 atom stereocenters. The molecule has 1 heterocycles. The van der Waals surface area contributed by atoms with Crippen molar-refractivity contribution in [2.75, 3.05) is 29.2 Å². The molecule has 1 aliphatic heterocycles. The molecular formula is C12H14ClNO3S2. The first-order chi connectivity index (χ1) is 8.95. The molecule has 2 rings (SSSR count). The van der Waals surface area contributed by atoms with Crippen molar-refractivity contribution >= 4 is 45.2 Å². The minimum absolute atomic E-state index is 0.408. The zero-order valence-corrected chi connectivity index (χ0v) is 12.8. The smallest absolute Gasteiger partial charge is 0.169 e. The number of sulfone groups is 1. The quantitative estimate of drug-likeness (QED) is 0.798. The fraction of sp³-hybridized carbons (Fsp3) is 0.417. The molecule has 0 bridgehead atoms. The second-order valence-electron chi connectivity index (χ2n) is 4.35. The van der Waals surface area contributed by atoms with Crippen molar-refractivity contribution in [3.05, 3.63) is 28.8 Å². The number of nitrogens with zero attached hydrogens (tertiary/aromatic N) is 1. The maximum atomic E-state index is 11.9. The molecule has 0 aliphatic carbocycles. The van der Waals surface area contributed by atoms with E-state index in [4.69, 9.17) is 11.6 Å². The highest BCUT2D eigenvalue weighted by Crippen LogP contribution is 2.34. The molecule has 1 aromatic carbocycles. The van der Waals surface area contributed by atoms with E-state index in [0.717, 1.165) is 5.75 Å². The van der Waals surface area contributed by atoms with Crippen molar-refractivity contribution in [3.63, 3.8) is 0 Å². The third-order valence-corrected chi connectivity index (χ3v) is 5.96. The van der Waals surface area contributed by atoms with Gasteiger partial charge in [0, 0.05) is 29.9 Å². The molecule has 0 spiro atoms. The summed E-state index contributed by atoms with van der Waals surface area (Å²) in [7, 11) is -3.23. The number of carbonyl (C=O) groups excluding carboxylic acids is 1. The summed E-state index contributed by atoms with van der Waals surface area (Å²) in [4.78, 5) is 12.9. The normalized spacial score (nSPS) is 20.3. The van der Waals surface area contributed by atoms with E-state index in [1.807, 2.05) is 0 Å². The number of rotatable bonds is 3. The molecule has 0 amide bonds. The molecule has 104 valence electrons. The summed E-state index contributed by atoms with van der Waals surface area (Å²) in [5.74, 6) is 1.30. The Morgan fingerprint density at radius 3 is 2.84 bits per heavy atom. The number of aldehydes is 1. The van der Waals surface area contributed by atoms with Crippen LogP contribution in [0.1, 0.15) is 10.4 Å². The number of halogens is 1. The van der Waals surface area contributed by atoms with Gasteiger partial charge in [0.2, 0.25) is 0 Å². The fourth-order valence-corrected chi connectivity index (χ4v) is 5.24. The van der Waals surface area contributed by atoms with Crippen LogP contribution in [0.4, 0.5) is 5.69 Å². The lowest BCUT2D eigenvalue weighted by Gasteiger charge is -2.37. The van der Waals surface area contributed by atoms with Crippen LogP contribution in [-0.4, -0.2) is 44.4 Å². The van der Waals surface area contributed by atoms with Crippen molar-refractivity contribution in [1.29, 1.82) is 0 Å². The van der Waals surface area contributed by atoms with Crippen molar-refractivity contribution in [1.82, 2.24) is 0 Å². The zero-order valence-electron chi connectivity index (χ0n) is 10.4. The van der Waals surface area contributed by atoms with Crippen molar-refractivity contribution < 1.29 is 13.2 Å². The number of anilines is 1. The molecule has 0 N–H and O–H groups in total. The monoisotopic (exact) mass is 319 g/mol.